The summed E-state index contributed by atoms with van der Waals surface area (Å²) in [4.78, 5) is 4.35. The number of nitrogens with zero attached hydrogens (tertiary/aromatic N) is 1. The molecule has 1 atom stereocenters. The molecule has 74 valence electrons. The molecule has 0 amide bonds. The minimum absolute atomic E-state index is 0.0996. The van der Waals surface area contributed by atoms with Crippen LogP contribution in [0.25, 0.3) is 0 Å². The lowest BCUT2D eigenvalue weighted by molar-refractivity contribution is 0.818. The molecule has 3 N–H and O–H groups in total. The van der Waals surface area contributed by atoms with Gasteiger partial charge in [0.1, 0.15) is 5.84 Å². The fraction of sp³-hybridized carbons (Fsp3) is 0.364. The number of hydrogen-bond acceptors (Lipinski definition) is 3. The maximum absolute atomic E-state index is 5.77. The minimum atomic E-state index is 0.0996. The number of amidine groups is 1. The van der Waals surface area contributed by atoms with Crippen LogP contribution >= 0.6 is 0 Å². The largest absolute Gasteiger partial charge is 0.368 e. The molecule has 0 saturated carbocycles. The fourth-order valence-corrected chi connectivity index (χ4v) is 1.54. The summed E-state index contributed by atoms with van der Waals surface area (Å²) >= 11 is 0. The van der Waals surface area contributed by atoms with Crippen LogP contribution in [0.1, 0.15) is 24.1 Å². The standard InChI is InChI=1S/C11H15N3/c1-8(12)9-2-4-10(5-3-9)11-13-6-7-14-11/h2-5,8H,6-7,12H2,1H3,(H,13,14). The van der Waals surface area contributed by atoms with Gasteiger partial charge in [0.05, 0.1) is 6.54 Å². The molecule has 1 heterocycles. The highest BCUT2D eigenvalue weighted by Gasteiger charge is 2.07. The van der Waals surface area contributed by atoms with Gasteiger partial charge in [0.2, 0.25) is 0 Å². The van der Waals surface area contributed by atoms with Crippen LogP contribution in [0.4, 0.5) is 0 Å². The van der Waals surface area contributed by atoms with E-state index < -0.39 is 0 Å². The molecule has 0 aromatic heterocycles. The molecular weight excluding hydrogens is 174 g/mol. The van der Waals surface area contributed by atoms with E-state index in [1.807, 2.05) is 6.92 Å². The first-order valence-corrected chi connectivity index (χ1v) is 4.91. The molecule has 3 nitrogen and oxygen atoms in total. The topological polar surface area (TPSA) is 50.4 Å². The van der Waals surface area contributed by atoms with Crippen LogP contribution in [0.15, 0.2) is 29.3 Å². The van der Waals surface area contributed by atoms with Gasteiger partial charge in [0, 0.05) is 18.2 Å². The first-order valence-electron chi connectivity index (χ1n) is 4.91. The second-order valence-corrected chi connectivity index (χ2v) is 3.57. The average Bonchev–Trinajstić information content (AvgIpc) is 2.71. The number of nitrogens with two attached hydrogens (primary N) is 1. The summed E-state index contributed by atoms with van der Waals surface area (Å²) in [6.45, 7) is 3.81. The van der Waals surface area contributed by atoms with Crippen molar-refractivity contribution in [2.45, 2.75) is 13.0 Å². The monoisotopic (exact) mass is 189 g/mol. The molecule has 1 aromatic carbocycles. The summed E-state index contributed by atoms with van der Waals surface area (Å²) in [6, 6.07) is 8.35. The molecule has 0 spiro atoms. The summed E-state index contributed by atoms with van der Waals surface area (Å²) in [5.41, 5.74) is 8.08. The van der Waals surface area contributed by atoms with Gasteiger partial charge in [0.25, 0.3) is 0 Å². The third-order valence-corrected chi connectivity index (χ3v) is 2.38. The quantitative estimate of drug-likeness (QED) is 0.730. The van der Waals surface area contributed by atoms with Crippen molar-refractivity contribution in [1.82, 2.24) is 5.32 Å². The lowest BCUT2D eigenvalue weighted by atomic mass is 10.1. The molecule has 1 aromatic rings. The van der Waals surface area contributed by atoms with Gasteiger partial charge in [-0.3, -0.25) is 4.99 Å². The third kappa shape index (κ3) is 1.77. The highest BCUT2D eigenvalue weighted by atomic mass is 15.1. The van der Waals surface area contributed by atoms with Gasteiger partial charge in [-0.1, -0.05) is 24.3 Å². The fourth-order valence-electron chi connectivity index (χ4n) is 1.54. The van der Waals surface area contributed by atoms with E-state index in [9.17, 15) is 0 Å². The summed E-state index contributed by atoms with van der Waals surface area (Å²) in [5.74, 6) is 1.00. The highest BCUT2D eigenvalue weighted by Crippen LogP contribution is 2.11. The second-order valence-electron chi connectivity index (χ2n) is 3.57. The van der Waals surface area contributed by atoms with E-state index in [2.05, 4.69) is 34.6 Å². The van der Waals surface area contributed by atoms with Crippen molar-refractivity contribution in [2.24, 2.45) is 10.7 Å². The van der Waals surface area contributed by atoms with Crippen molar-refractivity contribution in [2.75, 3.05) is 13.1 Å². The highest BCUT2D eigenvalue weighted by molar-refractivity contribution is 5.99. The zero-order chi connectivity index (χ0) is 9.97. The maximum atomic E-state index is 5.77. The van der Waals surface area contributed by atoms with E-state index in [0.717, 1.165) is 30.1 Å². The normalized spacial score (nSPS) is 17.4. The molecule has 0 saturated heterocycles. The molecule has 0 radical (unpaired) electrons. The van der Waals surface area contributed by atoms with Crippen molar-refractivity contribution >= 4 is 5.84 Å². The molecule has 1 aliphatic rings. The molecule has 0 bridgehead atoms. The van der Waals surface area contributed by atoms with Crippen LogP contribution in [-0.4, -0.2) is 18.9 Å². The first-order chi connectivity index (χ1) is 6.77. The molecule has 1 unspecified atom stereocenters. The van der Waals surface area contributed by atoms with Gasteiger partial charge < -0.3 is 11.1 Å². The Morgan fingerprint density at radius 1 is 1.36 bits per heavy atom. The first kappa shape index (κ1) is 9.21. The molecular formula is C11H15N3. The maximum Gasteiger partial charge on any atom is 0.128 e. The Balaban J connectivity index is 2.21. The van der Waals surface area contributed by atoms with E-state index in [1.165, 1.54) is 0 Å². The Morgan fingerprint density at radius 3 is 2.57 bits per heavy atom. The van der Waals surface area contributed by atoms with Crippen molar-refractivity contribution < 1.29 is 0 Å². The third-order valence-electron chi connectivity index (χ3n) is 2.38. The Hall–Kier alpha value is -1.35. The van der Waals surface area contributed by atoms with E-state index in [4.69, 9.17) is 5.73 Å². The van der Waals surface area contributed by atoms with Gasteiger partial charge in [-0.15, -0.1) is 0 Å². The predicted molar refractivity (Wildman–Crippen MR) is 58.5 cm³/mol. The van der Waals surface area contributed by atoms with Crippen LogP contribution in [0.2, 0.25) is 0 Å². The molecule has 0 fully saturated rings. The van der Waals surface area contributed by atoms with Gasteiger partial charge >= 0.3 is 0 Å². The van der Waals surface area contributed by atoms with E-state index in [1.54, 1.807) is 0 Å². The summed E-state index contributed by atoms with van der Waals surface area (Å²) < 4.78 is 0. The van der Waals surface area contributed by atoms with Crippen molar-refractivity contribution in [1.29, 1.82) is 0 Å². The SMILES string of the molecule is CC(N)c1ccc(C2=NCCN2)cc1. The zero-order valence-corrected chi connectivity index (χ0v) is 8.33. The van der Waals surface area contributed by atoms with Crippen molar-refractivity contribution in [3.05, 3.63) is 35.4 Å². The smallest absolute Gasteiger partial charge is 0.128 e. The van der Waals surface area contributed by atoms with Crippen molar-refractivity contribution in [3.8, 4) is 0 Å². The van der Waals surface area contributed by atoms with Gasteiger partial charge in [0.15, 0.2) is 0 Å². The molecule has 3 heteroatoms. The van der Waals surface area contributed by atoms with Crippen LogP contribution in [0.3, 0.4) is 0 Å². The number of aliphatic imine (C=N–C) groups is 1. The van der Waals surface area contributed by atoms with Crippen LogP contribution in [0.5, 0.6) is 0 Å². The predicted octanol–water partition coefficient (Wildman–Crippen LogP) is 1.06. The zero-order valence-electron chi connectivity index (χ0n) is 8.33. The number of rotatable bonds is 2. The summed E-state index contributed by atoms with van der Waals surface area (Å²) in [5, 5.41) is 3.24. The van der Waals surface area contributed by atoms with Crippen LogP contribution in [0, 0.1) is 0 Å². The average molecular weight is 189 g/mol. The van der Waals surface area contributed by atoms with Gasteiger partial charge in [-0.05, 0) is 12.5 Å². The molecule has 14 heavy (non-hydrogen) atoms. The molecule has 1 aliphatic heterocycles. The Morgan fingerprint density at radius 2 is 2.07 bits per heavy atom. The van der Waals surface area contributed by atoms with Crippen LogP contribution in [-0.2, 0) is 0 Å². The van der Waals surface area contributed by atoms with Gasteiger partial charge in [-0.25, -0.2) is 0 Å². The minimum Gasteiger partial charge on any atom is -0.368 e. The van der Waals surface area contributed by atoms with Gasteiger partial charge in [-0.2, -0.15) is 0 Å². The lowest BCUT2D eigenvalue weighted by Crippen LogP contribution is -2.19. The molecule has 0 aliphatic carbocycles. The second kappa shape index (κ2) is 3.80. The van der Waals surface area contributed by atoms with Crippen LogP contribution < -0.4 is 11.1 Å². The Labute approximate surface area is 84.0 Å². The number of hydrogen-bond donors (Lipinski definition) is 2. The molecule has 2 rings (SSSR count). The lowest BCUT2D eigenvalue weighted by Gasteiger charge is -2.07. The summed E-state index contributed by atoms with van der Waals surface area (Å²) in [7, 11) is 0. The van der Waals surface area contributed by atoms with Crippen molar-refractivity contribution in [3.63, 3.8) is 0 Å². The van der Waals surface area contributed by atoms with E-state index in [0.29, 0.717) is 0 Å². The Kier molecular flexibility index (Phi) is 2.50. The number of nitrogens with one attached hydrogen (secondary N) is 1. The Bertz CT molecular complexity index is 338. The number of benzene rings is 1. The van der Waals surface area contributed by atoms with E-state index in [-0.39, 0.29) is 6.04 Å². The summed E-state index contributed by atoms with van der Waals surface area (Å²) in [6.07, 6.45) is 0. The van der Waals surface area contributed by atoms with E-state index >= 15 is 0 Å².